The average molecular weight is 302 g/mol. The third kappa shape index (κ3) is 3.52. The van der Waals surface area contributed by atoms with Gasteiger partial charge in [0.1, 0.15) is 0 Å². The summed E-state index contributed by atoms with van der Waals surface area (Å²) in [5.41, 5.74) is 0.437. The molecule has 1 amide bonds. The Labute approximate surface area is 109 Å². The number of hydrogen-bond donors (Lipinski definition) is 3. The van der Waals surface area contributed by atoms with Crippen LogP contribution in [0.3, 0.4) is 0 Å². The number of amides is 1. The van der Waals surface area contributed by atoms with Gasteiger partial charge < -0.3 is 15.5 Å². The second kappa shape index (κ2) is 5.62. The van der Waals surface area contributed by atoms with Gasteiger partial charge in [-0.25, -0.2) is 0 Å². The number of nitrogens with one attached hydrogen (secondary N) is 1. The van der Waals surface area contributed by atoms with E-state index in [2.05, 4.69) is 21.2 Å². The average Bonchev–Trinajstić information content (AvgIpc) is 2.32. The van der Waals surface area contributed by atoms with Gasteiger partial charge in [0.25, 0.3) is 5.91 Å². The van der Waals surface area contributed by atoms with E-state index in [9.17, 15) is 4.79 Å². The molecule has 0 saturated heterocycles. The normalized spacial score (nSPS) is 11.4. The van der Waals surface area contributed by atoms with E-state index in [4.69, 9.17) is 10.2 Å². The highest BCUT2D eigenvalue weighted by Gasteiger charge is 2.25. The van der Waals surface area contributed by atoms with Crippen LogP contribution in [0.15, 0.2) is 22.7 Å². The van der Waals surface area contributed by atoms with E-state index in [1.54, 1.807) is 19.1 Å². The van der Waals surface area contributed by atoms with Crippen LogP contribution < -0.4 is 5.32 Å². The van der Waals surface area contributed by atoms with E-state index < -0.39 is 5.54 Å². The highest BCUT2D eigenvalue weighted by atomic mass is 79.9. The minimum absolute atomic E-state index is 0.321. The number of halogens is 1. The molecule has 1 aromatic rings. The fraction of sp³-hybridized carbons (Fsp3) is 0.417. The Balaban J connectivity index is 2.94. The summed E-state index contributed by atoms with van der Waals surface area (Å²) in [5, 5.41) is 20.8. The predicted molar refractivity (Wildman–Crippen MR) is 68.9 cm³/mol. The number of benzene rings is 1. The van der Waals surface area contributed by atoms with Gasteiger partial charge in [0, 0.05) is 4.47 Å². The zero-order valence-corrected chi connectivity index (χ0v) is 11.4. The Kier molecular flexibility index (Phi) is 4.68. The molecule has 0 aliphatic carbocycles. The topological polar surface area (TPSA) is 69.6 Å². The number of aryl methyl sites for hydroxylation is 1. The smallest absolute Gasteiger partial charge is 0.253 e. The minimum atomic E-state index is -1.01. The predicted octanol–water partition coefficient (Wildman–Crippen LogP) is 1.23. The molecule has 0 spiro atoms. The summed E-state index contributed by atoms with van der Waals surface area (Å²) < 4.78 is 0.679. The van der Waals surface area contributed by atoms with E-state index >= 15 is 0 Å². The molecule has 0 aromatic heterocycles. The second-order valence-electron chi connectivity index (χ2n) is 4.31. The van der Waals surface area contributed by atoms with Gasteiger partial charge in [-0.05, 0) is 41.9 Å². The van der Waals surface area contributed by atoms with Crippen molar-refractivity contribution in [1.82, 2.24) is 5.32 Å². The maximum absolute atomic E-state index is 12.0. The molecule has 0 atom stereocenters. The summed E-state index contributed by atoms with van der Waals surface area (Å²) >= 11 is 3.30. The lowest BCUT2D eigenvalue weighted by Crippen LogP contribution is -2.51. The maximum atomic E-state index is 12.0. The lowest BCUT2D eigenvalue weighted by Gasteiger charge is -2.26. The lowest BCUT2D eigenvalue weighted by atomic mass is 10.0. The summed E-state index contributed by atoms with van der Waals surface area (Å²) in [6.45, 7) is 2.83. The summed E-state index contributed by atoms with van der Waals surface area (Å²) in [6.07, 6.45) is 0. The zero-order chi connectivity index (χ0) is 13.1. The van der Waals surface area contributed by atoms with Crippen LogP contribution in [0.25, 0.3) is 0 Å². The number of hydrogen-bond acceptors (Lipinski definition) is 3. The third-order valence-electron chi connectivity index (χ3n) is 2.48. The fourth-order valence-corrected chi connectivity index (χ4v) is 1.71. The number of aliphatic hydroxyl groups excluding tert-OH is 2. The van der Waals surface area contributed by atoms with Crippen LogP contribution in [0.5, 0.6) is 0 Å². The van der Waals surface area contributed by atoms with Crippen molar-refractivity contribution < 1.29 is 15.0 Å². The first-order chi connectivity index (χ1) is 7.91. The molecule has 1 rings (SSSR count). The highest BCUT2D eigenvalue weighted by molar-refractivity contribution is 9.10. The number of carbonyl (C=O) groups is 1. The summed E-state index contributed by atoms with van der Waals surface area (Å²) in [7, 11) is 0. The van der Waals surface area contributed by atoms with Crippen LogP contribution in [0.2, 0.25) is 0 Å². The van der Waals surface area contributed by atoms with Crippen molar-refractivity contribution in [3.05, 3.63) is 33.8 Å². The molecule has 4 nitrogen and oxygen atoms in total. The van der Waals surface area contributed by atoms with Crippen molar-refractivity contribution in [3.63, 3.8) is 0 Å². The van der Waals surface area contributed by atoms with Crippen LogP contribution in [0, 0.1) is 6.92 Å². The van der Waals surface area contributed by atoms with E-state index in [1.807, 2.05) is 13.0 Å². The molecular weight excluding hydrogens is 286 g/mol. The first kappa shape index (κ1) is 14.2. The van der Waals surface area contributed by atoms with Crippen molar-refractivity contribution in [2.45, 2.75) is 19.4 Å². The van der Waals surface area contributed by atoms with Crippen molar-refractivity contribution >= 4 is 21.8 Å². The standard InChI is InChI=1S/C12H16BrNO3/c1-8-3-4-10(13)9(5-8)11(17)14-12(2,6-15)7-16/h3-5,15-16H,6-7H2,1-2H3,(H,14,17). The largest absolute Gasteiger partial charge is 0.394 e. The number of aliphatic hydroxyl groups is 2. The van der Waals surface area contributed by atoms with Crippen LogP contribution in [-0.2, 0) is 0 Å². The van der Waals surface area contributed by atoms with Crippen LogP contribution >= 0.6 is 15.9 Å². The Hall–Kier alpha value is -0.910. The maximum Gasteiger partial charge on any atom is 0.253 e. The van der Waals surface area contributed by atoms with Gasteiger partial charge in [0.15, 0.2) is 0 Å². The molecule has 3 N–H and O–H groups in total. The molecule has 0 saturated carbocycles. The Morgan fingerprint density at radius 3 is 2.53 bits per heavy atom. The summed E-state index contributed by atoms with van der Waals surface area (Å²) in [6, 6.07) is 5.42. The van der Waals surface area contributed by atoms with E-state index in [1.165, 1.54) is 0 Å². The molecule has 0 fully saturated rings. The quantitative estimate of drug-likeness (QED) is 0.783. The molecular formula is C12H16BrNO3. The first-order valence-corrected chi connectivity index (χ1v) is 6.01. The molecule has 0 unspecified atom stereocenters. The van der Waals surface area contributed by atoms with Gasteiger partial charge in [0.05, 0.1) is 24.3 Å². The van der Waals surface area contributed by atoms with Gasteiger partial charge in [0.2, 0.25) is 0 Å². The van der Waals surface area contributed by atoms with Crippen LogP contribution in [0.4, 0.5) is 0 Å². The molecule has 0 heterocycles. The molecule has 5 heteroatoms. The Bertz CT molecular complexity index is 416. The summed E-state index contributed by atoms with van der Waals surface area (Å²) in [5.74, 6) is -0.328. The fourth-order valence-electron chi connectivity index (χ4n) is 1.28. The van der Waals surface area contributed by atoms with Crippen LogP contribution in [0.1, 0.15) is 22.8 Å². The highest BCUT2D eigenvalue weighted by Crippen LogP contribution is 2.18. The Morgan fingerprint density at radius 1 is 1.41 bits per heavy atom. The van der Waals surface area contributed by atoms with E-state index in [-0.39, 0.29) is 19.1 Å². The second-order valence-corrected chi connectivity index (χ2v) is 5.17. The van der Waals surface area contributed by atoms with Gasteiger partial charge in [-0.3, -0.25) is 4.79 Å². The van der Waals surface area contributed by atoms with Gasteiger partial charge in [-0.15, -0.1) is 0 Å². The minimum Gasteiger partial charge on any atom is -0.394 e. The zero-order valence-electron chi connectivity index (χ0n) is 9.83. The molecule has 0 aliphatic heterocycles. The van der Waals surface area contributed by atoms with Crippen molar-refractivity contribution in [2.24, 2.45) is 0 Å². The third-order valence-corrected chi connectivity index (χ3v) is 3.17. The molecule has 94 valence electrons. The monoisotopic (exact) mass is 301 g/mol. The lowest BCUT2D eigenvalue weighted by molar-refractivity contribution is 0.0723. The van der Waals surface area contributed by atoms with Crippen molar-refractivity contribution in [3.8, 4) is 0 Å². The molecule has 0 radical (unpaired) electrons. The van der Waals surface area contributed by atoms with Crippen LogP contribution in [-0.4, -0.2) is 34.9 Å². The Morgan fingerprint density at radius 2 is 2.00 bits per heavy atom. The van der Waals surface area contributed by atoms with Gasteiger partial charge in [-0.1, -0.05) is 11.6 Å². The van der Waals surface area contributed by atoms with E-state index in [0.717, 1.165) is 5.56 Å². The number of carbonyl (C=O) groups excluding carboxylic acids is 1. The summed E-state index contributed by atoms with van der Waals surface area (Å²) in [4.78, 5) is 12.0. The number of rotatable bonds is 4. The first-order valence-electron chi connectivity index (χ1n) is 5.22. The van der Waals surface area contributed by atoms with E-state index in [0.29, 0.717) is 10.0 Å². The van der Waals surface area contributed by atoms with Gasteiger partial charge >= 0.3 is 0 Å². The molecule has 1 aromatic carbocycles. The molecule has 17 heavy (non-hydrogen) atoms. The molecule has 0 aliphatic rings. The SMILES string of the molecule is Cc1ccc(Br)c(C(=O)NC(C)(CO)CO)c1. The van der Waals surface area contributed by atoms with Crippen molar-refractivity contribution in [2.75, 3.05) is 13.2 Å². The van der Waals surface area contributed by atoms with Crippen molar-refractivity contribution in [1.29, 1.82) is 0 Å². The molecule has 0 bridgehead atoms. The van der Waals surface area contributed by atoms with Gasteiger partial charge in [-0.2, -0.15) is 0 Å².